The molecule has 18 heavy (non-hydrogen) atoms. The summed E-state index contributed by atoms with van der Waals surface area (Å²) in [6, 6.07) is 0. The minimum atomic E-state index is -0.882. The van der Waals surface area contributed by atoms with Gasteiger partial charge in [0.05, 0.1) is 11.3 Å². The Balaban J connectivity index is 2.52. The third-order valence-corrected chi connectivity index (χ3v) is 3.82. The smallest absolute Gasteiger partial charge is 0.308 e. The van der Waals surface area contributed by atoms with Crippen LogP contribution in [-0.2, 0) is 14.3 Å². The molecule has 0 aromatic heterocycles. The van der Waals surface area contributed by atoms with Gasteiger partial charge < -0.3 is 15.2 Å². The van der Waals surface area contributed by atoms with Gasteiger partial charge in [0, 0.05) is 20.3 Å². The Morgan fingerprint density at radius 1 is 1.39 bits per heavy atom. The Morgan fingerprint density at radius 3 is 2.50 bits per heavy atom. The lowest BCUT2D eigenvalue weighted by Crippen LogP contribution is -2.42. The minimum absolute atomic E-state index is 0.00912. The summed E-state index contributed by atoms with van der Waals surface area (Å²) in [7, 11) is 1.63. The van der Waals surface area contributed by atoms with E-state index in [4.69, 9.17) is 9.84 Å². The van der Waals surface area contributed by atoms with Crippen molar-refractivity contribution in [2.24, 2.45) is 11.3 Å². The molecule has 1 aliphatic rings. The molecule has 5 heteroatoms. The van der Waals surface area contributed by atoms with E-state index in [1.54, 1.807) is 14.0 Å². The van der Waals surface area contributed by atoms with Crippen molar-refractivity contribution in [3.05, 3.63) is 0 Å². The molecule has 1 saturated carbocycles. The summed E-state index contributed by atoms with van der Waals surface area (Å²) in [5, 5.41) is 11.6. The van der Waals surface area contributed by atoms with Crippen LogP contribution in [0.5, 0.6) is 0 Å². The molecule has 0 bridgehead atoms. The summed E-state index contributed by atoms with van der Waals surface area (Å²) in [5.41, 5.74) is -0.339. The van der Waals surface area contributed by atoms with E-state index < -0.39 is 11.9 Å². The van der Waals surface area contributed by atoms with Crippen LogP contribution in [0.15, 0.2) is 0 Å². The number of carbonyl (C=O) groups excluding carboxylic acids is 1. The largest absolute Gasteiger partial charge is 0.481 e. The molecule has 0 radical (unpaired) electrons. The first kappa shape index (κ1) is 15.0. The molecule has 1 atom stereocenters. The van der Waals surface area contributed by atoms with Crippen LogP contribution in [0.1, 0.15) is 39.0 Å². The highest BCUT2D eigenvalue weighted by Gasteiger charge is 2.40. The fraction of sp³-hybridized carbons (Fsp3) is 0.846. The Hall–Kier alpha value is -1.10. The summed E-state index contributed by atoms with van der Waals surface area (Å²) in [6.45, 7) is 2.36. The molecule has 2 N–H and O–H groups in total. The zero-order valence-electron chi connectivity index (χ0n) is 11.2. The van der Waals surface area contributed by atoms with Gasteiger partial charge in [-0.1, -0.05) is 19.8 Å². The molecule has 1 unspecified atom stereocenters. The van der Waals surface area contributed by atoms with Gasteiger partial charge in [-0.25, -0.2) is 0 Å². The summed E-state index contributed by atoms with van der Waals surface area (Å²) in [5.74, 6) is -1.44. The van der Waals surface area contributed by atoms with Crippen LogP contribution in [0, 0.1) is 11.3 Å². The van der Waals surface area contributed by atoms with Crippen LogP contribution in [-0.4, -0.2) is 37.2 Å². The number of carboxylic acid groups (broad SMARTS) is 1. The summed E-state index contributed by atoms with van der Waals surface area (Å²) >= 11 is 0. The summed E-state index contributed by atoms with van der Waals surface area (Å²) < 4.78 is 5.07. The number of carbonyl (C=O) groups is 2. The standard InChI is InChI=1S/C13H23NO4/c1-10(11(15)16)9-14-12(17)13(7-8-18-2)5-3-4-6-13/h10H,3-9H2,1-2H3,(H,14,17)(H,15,16). The monoisotopic (exact) mass is 257 g/mol. The number of rotatable bonds is 7. The summed E-state index contributed by atoms with van der Waals surface area (Å²) in [6.07, 6.45) is 4.60. The maximum Gasteiger partial charge on any atom is 0.308 e. The molecule has 0 heterocycles. The fourth-order valence-corrected chi connectivity index (χ4v) is 2.46. The molecule has 1 amide bonds. The molecule has 0 aromatic rings. The van der Waals surface area contributed by atoms with Gasteiger partial charge >= 0.3 is 5.97 Å². The van der Waals surface area contributed by atoms with Gasteiger partial charge in [-0.15, -0.1) is 0 Å². The van der Waals surface area contributed by atoms with Crippen molar-refractivity contribution in [2.45, 2.75) is 39.0 Å². The third kappa shape index (κ3) is 3.70. The average molecular weight is 257 g/mol. The number of hydrogen-bond donors (Lipinski definition) is 2. The van der Waals surface area contributed by atoms with Crippen LogP contribution in [0.4, 0.5) is 0 Å². The van der Waals surface area contributed by atoms with Crippen LogP contribution in [0.2, 0.25) is 0 Å². The van der Waals surface area contributed by atoms with E-state index in [0.29, 0.717) is 6.61 Å². The van der Waals surface area contributed by atoms with Gasteiger partial charge in [-0.2, -0.15) is 0 Å². The van der Waals surface area contributed by atoms with Crippen molar-refractivity contribution < 1.29 is 19.4 Å². The van der Waals surface area contributed by atoms with Crippen LogP contribution < -0.4 is 5.32 Å². The topological polar surface area (TPSA) is 75.6 Å². The number of ether oxygens (including phenoxy) is 1. The van der Waals surface area contributed by atoms with Crippen molar-refractivity contribution in [3.8, 4) is 0 Å². The molecule has 1 fully saturated rings. The van der Waals surface area contributed by atoms with Crippen molar-refractivity contribution >= 4 is 11.9 Å². The van der Waals surface area contributed by atoms with Gasteiger partial charge in [-0.3, -0.25) is 9.59 Å². The van der Waals surface area contributed by atoms with Crippen LogP contribution in [0.3, 0.4) is 0 Å². The lowest BCUT2D eigenvalue weighted by Gasteiger charge is -2.27. The molecular formula is C13H23NO4. The first-order valence-corrected chi connectivity index (χ1v) is 6.52. The van der Waals surface area contributed by atoms with Gasteiger partial charge in [0.1, 0.15) is 0 Å². The van der Waals surface area contributed by atoms with Crippen molar-refractivity contribution in [1.82, 2.24) is 5.32 Å². The molecule has 1 aliphatic carbocycles. The first-order valence-electron chi connectivity index (χ1n) is 6.52. The Kier molecular flexibility index (Phi) is 5.59. The van der Waals surface area contributed by atoms with E-state index in [0.717, 1.165) is 32.1 Å². The zero-order valence-corrected chi connectivity index (χ0v) is 11.2. The Morgan fingerprint density at radius 2 is 2.00 bits per heavy atom. The highest BCUT2D eigenvalue weighted by Crippen LogP contribution is 2.41. The maximum atomic E-state index is 12.2. The molecule has 1 rings (SSSR count). The molecule has 0 spiro atoms. The minimum Gasteiger partial charge on any atom is -0.481 e. The van der Waals surface area contributed by atoms with Gasteiger partial charge in [0.2, 0.25) is 5.91 Å². The second kappa shape index (κ2) is 6.73. The normalized spacial score (nSPS) is 19.4. The molecule has 0 saturated heterocycles. The first-order chi connectivity index (χ1) is 8.52. The van der Waals surface area contributed by atoms with Gasteiger partial charge in [-0.05, 0) is 19.3 Å². The zero-order chi connectivity index (χ0) is 13.6. The van der Waals surface area contributed by atoms with Gasteiger partial charge in [0.25, 0.3) is 0 Å². The van der Waals surface area contributed by atoms with Crippen LogP contribution in [0.25, 0.3) is 0 Å². The van der Waals surface area contributed by atoms with Crippen molar-refractivity contribution in [3.63, 3.8) is 0 Å². The number of methoxy groups -OCH3 is 1. The van der Waals surface area contributed by atoms with E-state index in [9.17, 15) is 9.59 Å². The Bertz CT molecular complexity index is 297. The number of amides is 1. The lowest BCUT2D eigenvalue weighted by molar-refractivity contribution is -0.141. The molecular weight excluding hydrogens is 234 g/mol. The molecule has 0 aromatic carbocycles. The molecule has 104 valence electrons. The third-order valence-electron chi connectivity index (χ3n) is 3.82. The number of hydrogen-bond acceptors (Lipinski definition) is 3. The summed E-state index contributed by atoms with van der Waals surface area (Å²) in [4.78, 5) is 23.0. The predicted octanol–water partition coefficient (Wildman–Crippen LogP) is 1.42. The maximum absolute atomic E-state index is 12.2. The van der Waals surface area contributed by atoms with E-state index in [1.807, 2.05) is 0 Å². The number of aliphatic carboxylic acids is 1. The second-order valence-electron chi connectivity index (χ2n) is 5.18. The van der Waals surface area contributed by atoms with Crippen molar-refractivity contribution in [1.29, 1.82) is 0 Å². The van der Waals surface area contributed by atoms with Gasteiger partial charge in [0.15, 0.2) is 0 Å². The van der Waals surface area contributed by atoms with Crippen molar-refractivity contribution in [2.75, 3.05) is 20.3 Å². The average Bonchev–Trinajstić information content (AvgIpc) is 2.82. The number of carboxylic acids is 1. The quantitative estimate of drug-likeness (QED) is 0.723. The lowest BCUT2D eigenvalue weighted by atomic mass is 9.82. The van der Waals surface area contributed by atoms with E-state index in [-0.39, 0.29) is 17.9 Å². The fourth-order valence-electron chi connectivity index (χ4n) is 2.46. The SMILES string of the molecule is COCCC1(C(=O)NCC(C)C(=O)O)CCCC1. The van der Waals surface area contributed by atoms with E-state index in [1.165, 1.54) is 0 Å². The highest BCUT2D eigenvalue weighted by atomic mass is 16.5. The van der Waals surface area contributed by atoms with Crippen LogP contribution >= 0.6 is 0 Å². The second-order valence-corrected chi connectivity index (χ2v) is 5.18. The van der Waals surface area contributed by atoms with E-state index in [2.05, 4.69) is 5.32 Å². The molecule has 5 nitrogen and oxygen atoms in total. The Labute approximate surface area is 108 Å². The van der Waals surface area contributed by atoms with E-state index >= 15 is 0 Å². The molecule has 0 aliphatic heterocycles. The highest BCUT2D eigenvalue weighted by molar-refractivity contribution is 5.83. The predicted molar refractivity (Wildman–Crippen MR) is 67.2 cm³/mol. The number of nitrogens with one attached hydrogen (secondary N) is 1.